The second kappa shape index (κ2) is 6.94. The van der Waals surface area contributed by atoms with Gasteiger partial charge in [-0.25, -0.2) is 4.79 Å². The fourth-order valence-electron chi connectivity index (χ4n) is 1.85. The molecule has 22 heavy (non-hydrogen) atoms. The summed E-state index contributed by atoms with van der Waals surface area (Å²) in [6, 6.07) is 8.23. The Hall–Kier alpha value is -2.55. The summed E-state index contributed by atoms with van der Waals surface area (Å²) < 4.78 is 0. The van der Waals surface area contributed by atoms with E-state index in [-0.39, 0.29) is 5.91 Å². The van der Waals surface area contributed by atoms with Crippen LogP contribution in [0.25, 0.3) is 0 Å². The zero-order valence-electron chi connectivity index (χ0n) is 13.6. The number of nitrogens with one attached hydrogen (secondary N) is 2. The Balaban J connectivity index is 2.67. The van der Waals surface area contributed by atoms with Gasteiger partial charge in [-0.2, -0.15) is 5.26 Å². The number of hydrogen-bond donors (Lipinski definition) is 2. The quantitative estimate of drug-likeness (QED) is 0.893. The van der Waals surface area contributed by atoms with Gasteiger partial charge in [0.1, 0.15) is 6.04 Å². The van der Waals surface area contributed by atoms with E-state index in [0.29, 0.717) is 5.69 Å². The number of urea groups is 1. The summed E-state index contributed by atoms with van der Waals surface area (Å²) in [7, 11) is 3.27. The molecule has 0 saturated heterocycles. The number of benzene rings is 1. The van der Waals surface area contributed by atoms with Crippen LogP contribution in [0, 0.1) is 11.3 Å². The Labute approximate surface area is 131 Å². The molecule has 0 bridgehead atoms. The molecule has 1 aromatic rings. The average Bonchev–Trinajstić information content (AvgIpc) is 2.46. The van der Waals surface area contributed by atoms with Gasteiger partial charge in [0.25, 0.3) is 0 Å². The molecular weight excluding hydrogens is 280 g/mol. The van der Waals surface area contributed by atoms with Gasteiger partial charge in [-0.1, -0.05) is 12.1 Å². The van der Waals surface area contributed by atoms with Crippen LogP contribution >= 0.6 is 0 Å². The van der Waals surface area contributed by atoms with Crippen LogP contribution in [0.3, 0.4) is 0 Å². The summed E-state index contributed by atoms with van der Waals surface area (Å²) in [5.74, 6) is -0.179. The normalized spacial score (nSPS) is 12.0. The first-order chi connectivity index (χ1) is 10.2. The van der Waals surface area contributed by atoms with Gasteiger partial charge in [-0.15, -0.1) is 0 Å². The third-order valence-electron chi connectivity index (χ3n) is 3.30. The average molecular weight is 302 g/mol. The second-order valence-electron chi connectivity index (χ2n) is 5.87. The monoisotopic (exact) mass is 302 g/mol. The van der Waals surface area contributed by atoms with Gasteiger partial charge in [-0.05, 0) is 38.5 Å². The van der Waals surface area contributed by atoms with Crippen LogP contribution in [-0.2, 0) is 10.2 Å². The first-order valence-electron chi connectivity index (χ1n) is 6.98. The fraction of sp³-hybridized carbons (Fsp3) is 0.438. The standard InChI is InChI=1S/C16H22N4O2/c1-11(14(21)20(4)5)18-15(22)19-13-8-6-12(7-9-13)16(2,3)10-17/h6-9,11H,1-5H3,(H2,18,19,22)/t11-/m0/s1. The predicted molar refractivity (Wildman–Crippen MR) is 85.4 cm³/mol. The number of hydrogen-bond acceptors (Lipinski definition) is 3. The number of rotatable bonds is 4. The van der Waals surface area contributed by atoms with Crippen LogP contribution < -0.4 is 10.6 Å². The maximum absolute atomic E-state index is 11.8. The summed E-state index contributed by atoms with van der Waals surface area (Å²) in [5.41, 5.74) is 0.893. The molecule has 0 fully saturated rings. The molecule has 0 heterocycles. The molecule has 118 valence electrons. The lowest BCUT2D eigenvalue weighted by Gasteiger charge is -2.19. The van der Waals surface area contributed by atoms with E-state index < -0.39 is 17.5 Å². The second-order valence-corrected chi connectivity index (χ2v) is 5.87. The lowest BCUT2D eigenvalue weighted by atomic mass is 9.86. The topological polar surface area (TPSA) is 85.2 Å². The van der Waals surface area contributed by atoms with E-state index in [1.165, 1.54) is 4.90 Å². The van der Waals surface area contributed by atoms with E-state index in [0.717, 1.165) is 5.56 Å². The van der Waals surface area contributed by atoms with E-state index in [2.05, 4.69) is 16.7 Å². The first-order valence-corrected chi connectivity index (χ1v) is 6.98. The van der Waals surface area contributed by atoms with E-state index in [9.17, 15) is 9.59 Å². The van der Waals surface area contributed by atoms with Crippen molar-refractivity contribution in [2.45, 2.75) is 32.2 Å². The summed E-state index contributed by atoms with van der Waals surface area (Å²) in [4.78, 5) is 24.9. The largest absolute Gasteiger partial charge is 0.347 e. The predicted octanol–water partition coefficient (Wildman–Crippen LogP) is 2.09. The number of likely N-dealkylation sites (N-methyl/N-ethyl adjacent to an activating group) is 1. The molecule has 6 nitrogen and oxygen atoms in total. The highest BCUT2D eigenvalue weighted by Gasteiger charge is 2.20. The molecule has 0 unspecified atom stereocenters. The molecule has 1 atom stereocenters. The van der Waals surface area contributed by atoms with Crippen LogP contribution in [-0.4, -0.2) is 37.0 Å². The van der Waals surface area contributed by atoms with E-state index >= 15 is 0 Å². The van der Waals surface area contributed by atoms with Crippen molar-refractivity contribution in [1.82, 2.24) is 10.2 Å². The van der Waals surface area contributed by atoms with E-state index in [1.807, 2.05) is 13.8 Å². The highest BCUT2D eigenvalue weighted by molar-refractivity contribution is 5.93. The lowest BCUT2D eigenvalue weighted by Crippen LogP contribution is -2.45. The van der Waals surface area contributed by atoms with Crippen molar-refractivity contribution in [2.24, 2.45) is 0 Å². The molecule has 1 rings (SSSR count). The molecule has 0 spiro atoms. The first kappa shape index (κ1) is 17.5. The third kappa shape index (κ3) is 4.48. The van der Waals surface area contributed by atoms with Gasteiger partial charge in [0.05, 0.1) is 11.5 Å². The van der Waals surface area contributed by atoms with Gasteiger partial charge in [-0.3, -0.25) is 4.79 Å². The van der Waals surface area contributed by atoms with Crippen molar-refractivity contribution in [3.8, 4) is 6.07 Å². The van der Waals surface area contributed by atoms with Gasteiger partial charge in [0, 0.05) is 19.8 Å². The number of nitrogens with zero attached hydrogens (tertiary/aromatic N) is 2. The number of amides is 3. The molecular formula is C16H22N4O2. The molecule has 0 aliphatic carbocycles. The summed E-state index contributed by atoms with van der Waals surface area (Å²) in [5, 5.41) is 14.3. The number of carbonyl (C=O) groups excluding carboxylic acids is 2. The van der Waals surface area contributed by atoms with Gasteiger partial charge in [0.15, 0.2) is 0 Å². The van der Waals surface area contributed by atoms with Gasteiger partial charge >= 0.3 is 6.03 Å². The molecule has 0 aliphatic rings. The summed E-state index contributed by atoms with van der Waals surface area (Å²) >= 11 is 0. The van der Waals surface area contributed by atoms with E-state index in [4.69, 9.17) is 5.26 Å². The van der Waals surface area contributed by atoms with Gasteiger partial charge in [0.2, 0.25) is 5.91 Å². The van der Waals surface area contributed by atoms with Crippen molar-refractivity contribution in [3.05, 3.63) is 29.8 Å². The van der Waals surface area contributed by atoms with Crippen molar-refractivity contribution in [3.63, 3.8) is 0 Å². The van der Waals surface area contributed by atoms with E-state index in [1.54, 1.807) is 45.3 Å². The maximum atomic E-state index is 11.8. The SMILES string of the molecule is C[C@H](NC(=O)Nc1ccc(C(C)(C)C#N)cc1)C(=O)N(C)C. The number of nitriles is 1. The number of carbonyl (C=O) groups is 2. The molecule has 0 saturated carbocycles. The Bertz CT molecular complexity index is 585. The zero-order chi connectivity index (χ0) is 16.9. The maximum Gasteiger partial charge on any atom is 0.319 e. The van der Waals surface area contributed by atoms with Crippen LogP contribution in [0.1, 0.15) is 26.3 Å². The van der Waals surface area contributed by atoms with Crippen LogP contribution in [0.5, 0.6) is 0 Å². The lowest BCUT2D eigenvalue weighted by molar-refractivity contribution is -0.130. The molecule has 3 amide bonds. The van der Waals surface area contributed by atoms with Crippen molar-refractivity contribution < 1.29 is 9.59 Å². The Morgan fingerprint density at radius 3 is 2.23 bits per heavy atom. The molecule has 0 aromatic heterocycles. The van der Waals surface area contributed by atoms with Crippen LogP contribution in [0.2, 0.25) is 0 Å². The minimum Gasteiger partial charge on any atom is -0.347 e. The smallest absolute Gasteiger partial charge is 0.319 e. The number of anilines is 1. The third-order valence-corrected chi connectivity index (χ3v) is 3.30. The minimum atomic E-state index is -0.605. The van der Waals surface area contributed by atoms with Gasteiger partial charge < -0.3 is 15.5 Å². The van der Waals surface area contributed by atoms with Crippen molar-refractivity contribution in [1.29, 1.82) is 5.26 Å². The zero-order valence-corrected chi connectivity index (χ0v) is 13.6. The Morgan fingerprint density at radius 2 is 1.77 bits per heavy atom. The summed E-state index contributed by atoms with van der Waals surface area (Å²) in [6.07, 6.45) is 0. The highest BCUT2D eigenvalue weighted by Crippen LogP contribution is 2.23. The Morgan fingerprint density at radius 1 is 1.23 bits per heavy atom. The van der Waals surface area contributed by atoms with Crippen molar-refractivity contribution in [2.75, 3.05) is 19.4 Å². The van der Waals surface area contributed by atoms with Crippen LogP contribution in [0.15, 0.2) is 24.3 Å². The highest BCUT2D eigenvalue weighted by atomic mass is 16.2. The molecule has 0 radical (unpaired) electrons. The van der Waals surface area contributed by atoms with Crippen molar-refractivity contribution >= 4 is 17.6 Å². The molecule has 6 heteroatoms. The Kier molecular flexibility index (Phi) is 5.52. The van der Waals surface area contributed by atoms with Crippen LogP contribution in [0.4, 0.5) is 10.5 Å². The minimum absolute atomic E-state index is 0.179. The molecule has 1 aromatic carbocycles. The molecule has 0 aliphatic heterocycles. The fourth-order valence-corrected chi connectivity index (χ4v) is 1.85. The molecule has 2 N–H and O–H groups in total. The summed E-state index contributed by atoms with van der Waals surface area (Å²) in [6.45, 7) is 5.29.